The molecule has 254 valence electrons. The Hall–Kier alpha value is -4.13. The van der Waals surface area contributed by atoms with E-state index < -0.39 is 104 Å². The summed E-state index contributed by atoms with van der Waals surface area (Å²) in [6.45, 7) is 2.13. The van der Waals surface area contributed by atoms with Gasteiger partial charge in [0.1, 0.15) is 56.1 Å². The van der Waals surface area contributed by atoms with Crippen LogP contribution in [0.1, 0.15) is 33.3 Å². The van der Waals surface area contributed by atoms with Crippen LogP contribution in [0.15, 0.2) is 30.3 Å². The zero-order chi connectivity index (χ0) is 34.2. The summed E-state index contributed by atoms with van der Waals surface area (Å²) in [5, 5.41) is 42.2. The van der Waals surface area contributed by atoms with Gasteiger partial charge in [0.15, 0.2) is 12.2 Å². The lowest BCUT2D eigenvalue weighted by Gasteiger charge is -2.44. The van der Waals surface area contributed by atoms with Gasteiger partial charge in [-0.05, 0) is 23.8 Å². The van der Waals surface area contributed by atoms with Gasteiger partial charge in [-0.25, -0.2) is 4.79 Å². The predicted molar refractivity (Wildman–Crippen MR) is 148 cm³/mol. The second-order valence-corrected chi connectivity index (χ2v) is 10.3. The molecule has 0 saturated carbocycles. The molecule has 17 nitrogen and oxygen atoms in total. The van der Waals surface area contributed by atoms with Gasteiger partial charge in [-0.15, -0.1) is 0 Å². The van der Waals surface area contributed by atoms with Crippen LogP contribution in [0.5, 0.6) is 5.75 Å². The zero-order valence-electron chi connectivity index (χ0n) is 25.3. The van der Waals surface area contributed by atoms with Crippen LogP contribution in [0.3, 0.4) is 0 Å². The van der Waals surface area contributed by atoms with Crippen LogP contribution in [-0.4, -0.2) is 125 Å². The van der Waals surface area contributed by atoms with Crippen LogP contribution in [0.4, 0.5) is 0 Å². The molecular weight excluding hydrogens is 620 g/mol. The SMILES string of the molecule is CC(=O)OCC1OC(OC2(COC(C)=O)OC(COC(C)=O)C(O)C2OC(=O)/C=C/c2ccc(O)cc2)C(OC(C)=O)C(O)C1O. The topological polar surface area (TPSA) is 240 Å². The highest BCUT2D eigenvalue weighted by Gasteiger charge is 2.62. The molecule has 0 amide bonds. The first-order valence-electron chi connectivity index (χ1n) is 13.9. The number of benzene rings is 1. The van der Waals surface area contributed by atoms with Crippen LogP contribution in [0, 0.1) is 0 Å². The summed E-state index contributed by atoms with van der Waals surface area (Å²) in [7, 11) is 0. The standard InChI is InChI=1S/C29H36O17/c1-14(30)39-11-20-23(36)25(38)26(42-17(4)33)28(43-20)46-29(13-41-16(3)32)27(24(37)21(45-29)12-40-15(2)31)44-22(35)10-7-18-5-8-19(34)9-6-18/h5-10,20-21,23-28,34,36-38H,11-13H2,1-4H3/b10-7+. The van der Waals surface area contributed by atoms with Crippen molar-refractivity contribution in [3.63, 3.8) is 0 Å². The Bertz CT molecular complexity index is 1280. The third-order valence-corrected chi connectivity index (χ3v) is 6.66. The van der Waals surface area contributed by atoms with Crippen molar-refractivity contribution in [3.8, 4) is 5.75 Å². The fourth-order valence-electron chi connectivity index (χ4n) is 4.55. The summed E-state index contributed by atoms with van der Waals surface area (Å²) in [6.07, 6.45) is -11.6. The summed E-state index contributed by atoms with van der Waals surface area (Å²) >= 11 is 0. The van der Waals surface area contributed by atoms with Crippen molar-refractivity contribution < 1.29 is 82.3 Å². The van der Waals surface area contributed by atoms with E-state index in [1.54, 1.807) is 0 Å². The number of carbonyl (C=O) groups is 5. The first-order chi connectivity index (χ1) is 21.6. The number of aromatic hydroxyl groups is 1. The molecular formula is C29H36O17. The fourth-order valence-corrected chi connectivity index (χ4v) is 4.55. The molecule has 2 aliphatic heterocycles. The number of phenols is 1. The van der Waals surface area contributed by atoms with Crippen LogP contribution >= 0.6 is 0 Å². The molecule has 0 aromatic heterocycles. The maximum atomic E-state index is 13.0. The lowest BCUT2D eigenvalue weighted by molar-refractivity contribution is -0.384. The maximum Gasteiger partial charge on any atom is 0.331 e. The van der Waals surface area contributed by atoms with E-state index in [1.807, 2.05) is 0 Å². The second kappa shape index (κ2) is 15.9. The molecule has 4 N–H and O–H groups in total. The Labute approximate surface area is 262 Å². The lowest BCUT2D eigenvalue weighted by atomic mass is 9.98. The molecule has 1 aromatic carbocycles. The van der Waals surface area contributed by atoms with Crippen LogP contribution < -0.4 is 0 Å². The molecule has 17 heteroatoms. The number of ether oxygens (including phenoxy) is 8. The Morgan fingerprint density at radius 1 is 0.783 bits per heavy atom. The zero-order valence-corrected chi connectivity index (χ0v) is 25.3. The average Bonchev–Trinajstić information content (AvgIpc) is 3.23. The molecule has 2 saturated heterocycles. The van der Waals surface area contributed by atoms with Crippen molar-refractivity contribution in [2.75, 3.05) is 19.8 Å². The second-order valence-electron chi connectivity index (χ2n) is 10.3. The first kappa shape index (κ1) is 36.3. The van der Waals surface area contributed by atoms with Crippen molar-refractivity contribution in [1.29, 1.82) is 0 Å². The minimum Gasteiger partial charge on any atom is -0.508 e. The van der Waals surface area contributed by atoms with E-state index in [2.05, 4.69) is 0 Å². The number of hydrogen-bond donors (Lipinski definition) is 4. The van der Waals surface area contributed by atoms with Crippen LogP contribution in [0.25, 0.3) is 6.08 Å². The Morgan fingerprint density at radius 2 is 1.37 bits per heavy atom. The third kappa shape index (κ3) is 9.68. The van der Waals surface area contributed by atoms with Gasteiger partial charge in [-0.1, -0.05) is 12.1 Å². The normalized spacial score (nSPS) is 30.8. The third-order valence-electron chi connectivity index (χ3n) is 6.66. The van der Waals surface area contributed by atoms with Crippen molar-refractivity contribution >= 4 is 35.9 Å². The molecule has 0 radical (unpaired) electrons. The number of rotatable bonds is 12. The predicted octanol–water partition coefficient (Wildman–Crippen LogP) is -1.14. The van der Waals surface area contributed by atoms with Gasteiger partial charge in [0, 0.05) is 33.8 Å². The molecule has 0 bridgehead atoms. The van der Waals surface area contributed by atoms with E-state index in [4.69, 9.17) is 37.9 Å². The Morgan fingerprint density at radius 3 is 1.93 bits per heavy atom. The van der Waals surface area contributed by atoms with Crippen molar-refractivity contribution in [2.45, 2.75) is 82.5 Å². The summed E-state index contributed by atoms with van der Waals surface area (Å²) in [5.74, 6) is -6.87. The highest BCUT2D eigenvalue weighted by atomic mass is 16.8. The van der Waals surface area contributed by atoms with E-state index in [0.717, 1.165) is 33.8 Å². The van der Waals surface area contributed by atoms with Crippen molar-refractivity contribution in [2.24, 2.45) is 0 Å². The smallest absolute Gasteiger partial charge is 0.331 e. The summed E-state index contributed by atoms with van der Waals surface area (Å²) < 4.78 is 43.3. The first-order valence-corrected chi connectivity index (χ1v) is 13.9. The number of esters is 5. The van der Waals surface area contributed by atoms with Crippen molar-refractivity contribution in [3.05, 3.63) is 35.9 Å². The number of aliphatic hydroxyl groups is 3. The fraction of sp³-hybridized carbons (Fsp3) is 0.552. The maximum absolute atomic E-state index is 13.0. The van der Waals surface area contributed by atoms with E-state index in [9.17, 15) is 44.4 Å². The highest BCUT2D eigenvalue weighted by Crippen LogP contribution is 2.39. The van der Waals surface area contributed by atoms with E-state index in [0.29, 0.717) is 5.56 Å². The number of phenolic OH excluding ortho intramolecular Hbond substituents is 1. The van der Waals surface area contributed by atoms with Crippen molar-refractivity contribution in [1.82, 2.24) is 0 Å². The van der Waals surface area contributed by atoms with Gasteiger partial charge in [0.25, 0.3) is 0 Å². The van der Waals surface area contributed by atoms with Gasteiger partial charge in [-0.3, -0.25) is 19.2 Å². The highest BCUT2D eigenvalue weighted by molar-refractivity contribution is 5.87. The van der Waals surface area contributed by atoms with E-state index >= 15 is 0 Å². The number of aliphatic hydroxyl groups excluding tert-OH is 3. The monoisotopic (exact) mass is 656 g/mol. The lowest BCUT2D eigenvalue weighted by Crippen LogP contribution is -2.64. The molecule has 2 heterocycles. The average molecular weight is 657 g/mol. The van der Waals surface area contributed by atoms with E-state index in [-0.39, 0.29) is 5.75 Å². The Balaban J connectivity index is 2.02. The van der Waals surface area contributed by atoms with Gasteiger partial charge in [0.05, 0.1) is 0 Å². The summed E-state index contributed by atoms with van der Waals surface area (Å²) in [6, 6.07) is 5.75. The molecule has 2 fully saturated rings. The number of hydrogen-bond acceptors (Lipinski definition) is 17. The van der Waals surface area contributed by atoms with Crippen LogP contribution in [0.2, 0.25) is 0 Å². The molecule has 0 aliphatic carbocycles. The molecule has 46 heavy (non-hydrogen) atoms. The number of carbonyl (C=O) groups excluding carboxylic acids is 5. The molecule has 1 aromatic rings. The summed E-state index contributed by atoms with van der Waals surface area (Å²) in [4.78, 5) is 59.8. The minimum atomic E-state index is -2.48. The quantitative estimate of drug-likeness (QED) is 0.118. The molecule has 2 aliphatic rings. The Kier molecular flexibility index (Phi) is 12.6. The van der Waals surface area contributed by atoms with Gasteiger partial charge >= 0.3 is 29.8 Å². The molecule has 9 atom stereocenters. The van der Waals surface area contributed by atoms with E-state index in [1.165, 1.54) is 30.3 Å². The molecule has 3 rings (SSSR count). The van der Waals surface area contributed by atoms with Gasteiger partial charge in [0.2, 0.25) is 12.1 Å². The largest absolute Gasteiger partial charge is 0.508 e. The van der Waals surface area contributed by atoms with Gasteiger partial charge < -0.3 is 58.3 Å². The summed E-state index contributed by atoms with van der Waals surface area (Å²) in [5.41, 5.74) is 0.485. The molecule has 9 unspecified atom stereocenters. The minimum absolute atomic E-state index is 0.0121. The van der Waals surface area contributed by atoms with Gasteiger partial charge in [-0.2, -0.15) is 0 Å². The molecule has 0 spiro atoms. The van der Waals surface area contributed by atoms with Crippen LogP contribution in [-0.2, 0) is 61.9 Å².